The van der Waals surface area contributed by atoms with Gasteiger partial charge in [0.2, 0.25) is 0 Å². The van der Waals surface area contributed by atoms with Crippen LogP contribution in [0.4, 0.5) is 4.39 Å². The molecule has 0 unspecified atom stereocenters. The molecule has 0 bridgehead atoms. The molecular formula is C17H25ClFN3O3Si. The molecule has 1 saturated heterocycles. The van der Waals surface area contributed by atoms with Gasteiger partial charge in [-0.2, -0.15) is 0 Å². The minimum absolute atomic E-state index is 0.0315. The number of imidazole rings is 1. The monoisotopic (exact) mass is 401 g/mol. The molecule has 3 rings (SSSR count). The lowest BCUT2D eigenvalue weighted by Crippen LogP contribution is -2.31. The first-order valence-corrected chi connectivity index (χ1v) is 13.0. The van der Waals surface area contributed by atoms with Gasteiger partial charge in [0, 0.05) is 40.0 Å². The number of ether oxygens (including phenoxy) is 2. The van der Waals surface area contributed by atoms with Crippen LogP contribution in [0.3, 0.4) is 0 Å². The van der Waals surface area contributed by atoms with E-state index in [0.717, 1.165) is 6.04 Å². The normalized spacial score (nSPS) is 16.5. The molecule has 1 aliphatic heterocycles. The molecule has 0 N–H and O–H groups in total. The fraction of sp³-hybridized carbons (Fsp3) is 0.647. The standard InChI is InChI=1S/C17H25ClFN3O3Si/c1-26(2,3)9-8-25-11-21-14-10-13(19)15(18)20-16(14)22(17(21)23)12-4-6-24-7-5-12/h10,12H,4-9,11H2,1-3H3. The second kappa shape index (κ2) is 7.80. The van der Waals surface area contributed by atoms with Crippen LogP contribution in [0.25, 0.3) is 11.2 Å². The number of hydrogen-bond acceptors (Lipinski definition) is 4. The van der Waals surface area contributed by atoms with E-state index in [4.69, 9.17) is 21.1 Å². The molecule has 6 nitrogen and oxygen atoms in total. The Morgan fingerprint density at radius 2 is 2.08 bits per heavy atom. The summed E-state index contributed by atoms with van der Waals surface area (Å²) >= 11 is 5.88. The fourth-order valence-corrected chi connectivity index (χ4v) is 3.97. The molecule has 3 heterocycles. The highest BCUT2D eigenvalue weighted by atomic mass is 35.5. The zero-order chi connectivity index (χ0) is 18.9. The maximum Gasteiger partial charge on any atom is 0.332 e. The highest BCUT2D eigenvalue weighted by Gasteiger charge is 2.25. The number of halogens is 2. The van der Waals surface area contributed by atoms with E-state index in [2.05, 4.69) is 24.6 Å². The summed E-state index contributed by atoms with van der Waals surface area (Å²) in [4.78, 5) is 17.2. The zero-order valence-electron chi connectivity index (χ0n) is 15.4. The minimum atomic E-state index is -1.22. The Morgan fingerprint density at radius 1 is 1.38 bits per heavy atom. The van der Waals surface area contributed by atoms with Gasteiger partial charge in [0.25, 0.3) is 0 Å². The van der Waals surface area contributed by atoms with Gasteiger partial charge in [0.1, 0.15) is 6.73 Å². The third-order valence-electron chi connectivity index (χ3n) is 4.62. The van der Waals surface area contributed by atoms with Crippen molar-refractivity contribution in [2.75, 3.05) is 19.8 Å². The first-order valence-electron chi connectivity index (χ1n) is 8.90. The van der Waals surface area contributed by atoms with E-state index in [1.165, 1.54) is 10.6 Å². The van der Waals surface area contributed by atoms with Gasteiger partial charge in [0.15, 0.2) is 16.6 Å². The van der Waals surface area contributed by atoms with Gasteiger partial charge in [-0.05, 0) is 18.9 Å². The van der Waals surface area contributed by atoms with E-state index in [0.29, 0.717) is 43.8 Å². The number of aromatic nitrogens is 3. The third kappa shape index (κ3) is 4.19. The SMILES string of the molecule is C[Si](C)(C)CCOCn1c(=O)n(C2CCOCC2)c2nc(Cl)c(F)cc21. The summed E-state index contributed by atoms with van der Waals surface area (Å²) in [5, 5.41) is -0.227. The largest absolute Gasteiger partial charge is 0.381 e. The summed E-state index contributed by atoms with van der Waals surface area (Å²) in [6, 6.07) is 2.23. The van der Waals surface area contributed by atoms with Crippen molar-refractivity contribution in [2.45, 2.75) is 51.3 Å². The predicted molar refractivity (Wildman–Crippen MR) is 102 cm³/mol. The van der Waals surface area contributed by atoms with Gasteiger partial charge in [0.05, 0.1) is 5.52 Å². The van der Waals surface area contributed by atoms with Gasteiger partial charge in [-0.15, -0.1) is 0 Å². The molecule has 9 heteroatoms. The molecule has 0 spiro atoms. The Bertz CT molecular complexity index is 840. The second-order valence-electron chi connectivity index (χ2n) is 7.88. The van der Waals surface area contributed by atoms with Crippen molar-refractivity contribution >= 4 is 30.8 Å². The van der Waals surface area contributed by atoms with Gasteiger partial charge in [-0.25, -0.2) is 14.2 Å². The lowest BCUT2D eigenvalue weighted by Gasteiger charge is -2.22. The maximum absolute atomic E-state index is 14.0. The average Bonchev–Trinajstić information content (AvgIpc) is 2.83. The van der Waals surface area contributed by atoms with Crippen molar-refractivity contribution < 1.29 is 13.9 Å². The van der Waals surface area contributed by atoms with E-state index in [1.54, 1.807) is 4.57 Å². The molecule has 0 aromatic carbocycles. The van der Waals surface area contributed by atoms with Crippen molar-refractivity contribution in [2.24, 2.45) is 0 Å². The zero-order valence-corrected chi connectivity index (χ0v) is 17.2. The van der Waals surface area contributed by atoms with Crippen molar-refractivity contribution in [1.82, 2.24) is 14.1 Å². The van der Waals surface area contributed by atoms with E-state index < -0.39 is 13.9 Å². The van der Waals surface area contributed by atoms with E-state index >= 15 is 0 Å². The number of pyridine rings is 1. The molecule has 0 radical (unpaired) electrons. The molecule has 2 aromatic rings. The average molecular weight is 402 g/mol. The highest BCUT2D eigenvalue weighted by molar-refractivity contribution is 6.76. The topological polar surface area (TPSA) is 58.3 Å². The molecule has 1 fully saturated rings. The Balaban J connectivity index is 1.95. The van der Waals surface area contributed by atoms with Crippen LogP contribution in [-0.2, 0) is 16.2 Å². The van der Waals surface area contributed by atoms with Crippen molar-refractivity contribution in [1.29, 1.82) is 0 Å². The van der Waals surface area contributed by atoms with Crippen molar-refractivity contribution in [3.8, 4) is 0 Å². The summed E-state index contributed by atoms with van der Waals surface area (Å²) in [6.07, 6.45) is 1.43. The summed E-state index contributed by atoms with van der Waals surface area (Å²) in [5.74, 6) is -0.640. The van der Waals surface area contributed by atoms with Crippen LogP contribution < -0.4 is 5.69 Å². The fourth-order valence-electron chi connectivity index (χ4n) is 3.08. The molecular weight excluding hydrogens is 377 g/mol. The molecule has 1 aliphatic rings. The number of rotatable bonds is 6. The van der Waals surface area contributed by atoms with E-state index in [1.807, 2.05) is 0 Å². The van der Waals surface area contributed by atoms with Crippen LogP contribution >= 0.6 is 11.6 Å². The maximum atomic E-state index is 14.0. The lowest BCUT2D eigenvalue weighted by atomic mass is 10.1. The highest BCUT2D eigenvalue weighted by Crippen LogP contribution is 2.26. The molecule has 2 aromatic heterocycles. The van der Waals surface area contributed by atoms with Gasteiger partial charge >= 0.3 is 5.69 Å². The van der Waals surface area contributed by atoms with Crippen LogP contribution in [0, 0.1) is 5.82 Å². The van der Waals surface area contributed by atoms with Crippen LogP contribution in [0.5, 0.6) is 0 Å². The van der Waals surface area contributed by atoms with Gasteiger partial charge in [-0.1, -0.05) is 31.2 Å². The minimum Gasteiger partial charge on any atom is -0.381 e. The quantitative estimate of drug-likeness (QED) is 0.421. The Labute approximate surface area is 157 Å². The van der Waals surface area contributed by atoms with Gasteiger partial charge < -0.3 is 9.47 Å². The number of nitrogens with zero attached hydrogens (tertiary/aromatic N) is 3. The number of fused-ring (bicyclic) bond motifs is 1. The van der Waals surface area contributed by atoms with Crippen LogP contribution in [-0.4, -0.2) is 42.0 Å². The predicted octanol–water partition coefficient (Wildman–Crippen LogP) is 3.65. The number of hydrogen-bond donors (Lipinski definition) is 0. The summed E-state index contributed by atoms with van der Waals surface area (Å²) < 4.78 is 28.2. The second-order valence-corrected chi connectivity index (χ2v) is 13.9. The van der Waals surface area contributed by atoms with Crippen molar-refractivity contribution in [3.05, 3.63) is 27.5 Å². The third-order valence-corrected chi connectivity index (χ3v) is 6.59. The Kier molecular flexibility index (Phi) is 5.86. The molecule has 144 valence electrons. The first kappa shape index (κ1) is 19.5. The lowest BCUT2D eigenvalue weighted by molar-refractivity contribution is 0.0669. The Hall–Kier alpha value is -1.22. The first-order chi connectivity index (χ1) is 12.3. The summed E-state index contributed by atoms with van der Waals surface area (Å²) in [5.41, 5.74) is 0.576. The smallest absolute Gasteiger partial charge is 0.332 e. The van der Waals surface area contributed by atoms with Crippen LogP contribution in [0.2, 0.25) is 30.8 Å². The van der Waals surface area contributed by atoms with Crippen molar-refractivity contribution in [3.63, 3.8) is 0 Å². The molecule has 0 atom stereocenters. The summed E-state index contributed by atoms with van der Waals surface area (Å²) in [7, 11) is -1.22. The molecule has 26 heavy (non-hydrogen) atoms. The molecule has 0 amide bonds. The van der Waals surface area contributed by atoms with E-state index in [-0.39, 0.29) is 23.6 Å². The molecule has 0 aliphatic carbocycles. The van der Waals surface area contributed by atoms with Crippen LogP contribution in [0.15, 0.2) is 10.9 Å². The van der Waals surface area contributed by atoms with Crippen LogP contribution in [0.1, 0.15) is 18.9 Å². The molecule has 0 saturated carbocycles. The van der Waals surface area contributed by atoms with Gasteiger partial charge in [-0.3, -0.25) is 9.13 Å². The van der Waals surface area contributed by atoms with E-state index in [9.17, 15) is 9.18 Å². The summed E-state index contributed by atoms with van der Waals surface area (Å²) in [6.45, 7) is 8.63. The Morgan fingerprint density at radius 3 is 2.73 bits per heavy atom.